The van der Waals surface area contributed by atoms with Crippen molar-refractivity contribution in [2.75, 3.05) is 0 Å². The molecule has 0 fully saturated rings. The molecule has 0 radical (unpaired) electrons. The van der Waals surface area contributed by atoms with Crippen molar-refractivity contribution in [1.29, 1.82) is 5.26 Å². The number of nitro benzene ring substituents is 1. The van der Waals surface area contributed by atoms with Crippen LogP contribution in [0, 0.1) is 35.3 Å². The van der Waals surface area contributed by atoms with Gasteiger partial charge in [-0.25, -0.2) is 0 Å². The first-order valence-corrected chi connectivity index (χ1v) is 8.12. The molecule has 0 aliphatic heterocycles. The minimum atomic E-state index is -0.410. The molecule has 0 aliphatic rings. The van der Waals surface area contributed by atoms with Crippen LogP contribution in [0.4, 0.5) is 5.69 Å². The van der Waals surface area contributed by atoms with E-state index in [1.54, 1.807) is 12.1 Å². The van der Waals surface area contributed by atoms with Gasteiger partial charge in [0.25, 0.3) is 5.69 Å². The van der Waals surface area contributed by atoms with E-state index in [1.807, 2.05) is 60.9 Å². The minimum Gasteiger partial charge on any atom is -0.318 e. The predicted octanol–water partition coefficient (Wildman–Crippen LogP) is 5.07. The molecule has 5 nitrogen and oxygen atoms in total. The largest absolute Gasteiger partial charge is 0.318 e. The standard InChI is InChI=1S/C21H17N3O2/c1-15-12-18(13-19(14-22)17-6-4-3-5-7-17)16(2)23(15)20-8-10-21(11-9-20)24(25)26/h3-13H,1-2H3. The van der Waals surface area contributed by atoms with Crippen LogP contribution in [0.1, 0.15) is 22.5 Å². The molecule has 1 aromatic heterocycles. The van der Waals surface area contributed by atoms with E-state index in [9.17, 15) is 15.4 Å². The lowest BCUT2D eigenvalue weighted by Crippen LogP contribution is -1.99. The molecule has 0 unspecified atom stereocenters. The second kappa shape index (κ2) is 7.08. The molecule has 3 rings (SSSR count). The summed E-state index contributed by atoms with van der Waals surface area (Å²) >= 11 is 0. The Balaban J connectivity index is 2.04. The van der Waals surface area contributed by atoms with Crippen LogP contribution in [0.25, 0.3) is 17.3 Å². The van der Waals surface area contributed by atoms with Crippen molar-refractivity contribution in [2.45, 2.75) is 13.8 Å². The van der Waals surface area contributed by atoms with E-state index in [0.29, 0.717) is 5.57 Å². The van der Waals surface area contributed by atoms with Crippen LogP contribution in [-0.4, -0.2) is 9.49 Å². The third-order valence-electron chi connectivity index (χ3n) is 4.29. The van der Waals surface area contributed by atoms with Gasteiger partial charge in [-0.1, -0.05) is 30.3 Å². The van der Waals surface area contributed by atoms with Crippen LogP contribution in [-0.2, 0) is 0 Å². The number of nitriles is 1. The quantitative estimate of drug-likeness (QED) is 0.377. The number of hydrogen-bond acceptors (Lipinski definition) is 3. The van der Waals surface area contributed by atoms with Gasteiger partial charge in [-0.2, -0.15) is 5.26 Å². The van der Waals surface area contributed by atoms with E-state index in [2.05, 4.69) is 6.07 Å². The van der Waals surface area contributed by atoms with Crippen LogP contribution < -0.4 is 0 Å². The van der Waals surface area contributed by atoms with Gasteiger partial charge in [0, 0.05) is 29.2 Å². The Morgan fingerprint density at radius 2 is 1.77 bits per heavy atom. The fraction of sp³-hybridized carbons (Fsp3) is 0.0952. The fourth-order valence-corrected chi connectivity index (χ4v) is 3.01. The number of rotatable bonds is 4. The number of nitro groups is 1. The third-order valence-corrected chi connectivity index (χ3v) is 4.29. The molecular formula is C21H17N3O2. The van der Waals surface area contributed by atoms with Crippen LogP contribution in [0.2, 0.25) is 0 Å². The Bertz CT molecular complexity index is 1020. The van der Waals surface area contributed by atoms with Gasteiger partial charge in [0.15, 0.2) is 0 Å². The fourth-order valence-electron chi connectivity index (χ4n) is 3.01. The van der Waals surface area contributed by atoms with Gasteiger partial charge in [0.1, 0.15) is 0 Å². The Hall–Kier alpha value is -3.65. The van der Waals surface area contributed by atoms with Crippen molar-refractivity contribution in [2.24, 2.45) is 0 Å². The van der Waals surface area contributed by atoms with E-state index in [-0.39, 0.29) is 5.69 Å². The summed E-state index contributed by atoms with van der Waals surface area (Å²) in [7, 11) is 0. The molecule has 128 valence electrons. The second-order valence-corrected chi connectivity index (χ2v) is 5.97. The topological polar surface area (TPSA) is 71.9 Å². The Kier molecular flexibility index (Phi) is 4.68. The normalized spacial score (nSPS) is 11.2. The summed E-state index contributed by atoms with van der Waals surface area (Å²) in [6.07, 6.45) is 1.87. The molecule has 1 heterocycles. The summed E-state index contributed by atoms with van der Waals surface area (Å²) < 4.78 is 2.02. The molecular weight excluding hydrogens is 326 g/mol. The van der Waals surface area contributed by atoms with E-state index in [4.69, 9.17) is 0 Å². The molecule has 0 bridgehead atoms. The molecule has 0 saturated heterocycles. The number of allylic oxidation sites excluding steroid dienone is 1. The lowest BCUT2D eigenvalue weighted by Gasteiger charge is -2.09. The summed E-state index contributed by atoms with van der Waals surface area (Å²) in [4.78, 5) is 10.4. The highest BCUT2D eigenvalue weighted by Gasteiger charge is 2.12. The smallest absolute Gasteiger partial charge is 0.269 e. The summed E-state index contributed by atoms with van der Waals surface area (Å²) in [5.74, 6) is 0. The zero-order chi connectivity index (χ0) is 18.7. The van der Waals surface area contributed by atoms with Gasteiger partial charge >= 0.3 is 0 Å². The van der Waals surface area contributed by atoms with E-state index < -0.39 is 4.92 Å². The maximum absolute atomic E-state index is 10.8. The zero-order valence-electron chi connectivity index (χ0n) is 14.5. The number of hydrogen-bond donors (Lipinski definition) is 0. The van der Waals surface area contributed by atoms with Crippen molar-refractivity contribution in [3.8, 4) is 11.8 Å². The highest BCUT2D eigenvalue weighted by Crippen LogP contribution is 2.26. The number of aromatic nitrogens is 1. The highest BCUT2D eigenvalue weighted by molar-refractivity contribution is 5.90. The van der Waals surface area contributed by atoms with Gasteiger partial charge in [-0.15, -0.1) is 0 Å². The molecule has 5 heteroatoms. The molecule has 2 aromatic carbocycles. The average Bonchev–Trinajstić information content (AvgIpc) is 2.93. The summed E-state index contributed by atoms with van der Waals surface area (Å²) in [5, 5.41) is 20.4. The van der Waals surface area contributed by atoms with E-state index >= 15 is 0 Å². The van der Waals surface area contributed by atoms with Crippen molar-refractivity contribution < 1.29 is 4.92 Å². The zero-order valence-corrected chi connectivity index (χ0v) is 14.5. The molecule has 0 atom stereocenters. The molecule has 0 aliphatic carbocycles. The SMILES string of the molecule is Cc1cc(C=C(C#N)c2ccccc2)c(C)n1-c1ccc([N+](=O)[O-])cc1. The Morgan fingerprint density at radius 1 is 1.12 bits per heavy atom. The molecule has 0 saturated carbocycles. The lowest BCUT2D eigenvalue weighted by atomic mass is 10.0. The maximum atomic E-state index is 10.8. The van der Waals surface area contributed by atoms with Crippen molar-refractivity contribution in [3.05, 3.63) is 93.3 Å². The first-order valence-electron chi connectivity index (χ1n) is 8.12. The van der Waals surface area contributed by atoms with Gasteiger partial charge < -0.3 is 4.57 Å². The number of benzene rings is 2. The van der Waals surface area contributed by atoms with Gasteiger partial charge in [-0.05, 0) is 49.2 Å². The Labute approximate surface area is 151 Å². The van der Waals surface area contributed by atoms with Gasteiger partial charge in [0.2, 0.25) is 0 Å². The van der Waals surface area contributed by atoms with E-state index in [0.717, 1.165) is 28.2 Å². The first-order chi connectivity index (χ1) is 12.5. The minimum absolute atomic E-state index is 0.0622. The third kappa shape index (κ3) is 3.26. The highest BCUT2D eigenvalue weighted by atomic mass is 16.6. The summed E-state index contributed by atoms with van der Waals surface area (Å²) in [6, 6.07) is 20.3. The molecule has 0 spiro atoms. The average molecular weight is 343 g/mol. The van der Waals surface area contributed by atoms with Crippen LogP contribution >= 0.6 is 0 Å². The summed E-state index contributed by atoms with van der Waals surface area (Å²) in [5.41, 5.74) is 5.29. The lowest BCUT2D eigenvalue weighted by molar-refractivity contribution is -0.384. The monoisotopic (exact) mass is 343 g/mol. The molecule has 0 N–H and O–H groups in total. The number of non-ortho nitro benzene ring substituents is 1. The van der Waals surface area contributed by atoms with Crippen molar-refractivity contribution >= 4 is 17.3 Å². The van der Waals surface area contributed by atoms with Crippen LogP contribution in [0.15, 0.2) is 60.7 Å². The van der Waals surface area contributed by atoms with Crippen molar-refractivity contribution in [3.63, 3.8) is 0 Å². The maximum Gasteiger partial charge on any atom is 0.269 e. The first kappa shape index (κ1) is 17.2. The summed E-state index contributed by atoms with van der Waals surface area (Å²) in [6.45, 7) is 3.94. The van der Waals surface area contributed by atoms with Crippen LogP contribution in [0.5, 0.6) is 0 Å². The molecule has 0 amide bonds. The predicted molar refractivity (Wildman–Crippen MR) is 102 cm³/mol. The van der Waals surface area contributed by atoms with Crippen LogP contribution in [0.3, 0.4) is 0 Å². The van der Waals surface area contributed by atoms with Gasteiger partial charge in [0.05, 0.1) is 16.6 Å². The van der Waals surface area contributed by atoms with Crippen molar-refractivity contribution in [1.82, 2.24) is 4.57 Å². The number of nitrogens with zero attached hydrogens (tertiary/aromatic N) is 3. The van der Waals surface area contributed by atoms with E-state index in [1.165, 1.54) is 12.1 Å². The molecule has 3 aromatic rings. The second-order valence-electron chi connectivity index (χ2n) is 5.97. The number of aryl methyl sites for hydroxylation is 1. The Morgan fingerprint density at radius 3 is 2.35 bits per heavy atom. The molecule has 26 heavy (non-hydrogen) atoms. The van der Waals surface area contributed by atoms with Gasteiger partial charge in [-0.3, -0.25) is 10.1 Å².